The topological polar surface area (TPSA) is 69.6 Å². The van der Waals surface area contributed by atoms with Crippen molar-refractivity contribution in [3.63, 3.8) is 0 Å². The van der Waals surface area contributed by atoms with Crippen LogP contribution in [0.4, 0.5) is 9.93 Å². The van der Waals surface area contributed by atoms with Gasteiger partial charge in [0.05, 0.1) is 0 Å². The van der Waals surface area contributed by atoms with Gasteiger partial charge in [-0.2, -0.15) is 9.36 Å². The zero-order valence-corrected chi connectivity index (χ0v) is 11.6. The molecule has 0 atom stereocenters. The highest BCUT2D eigenvalue weighted by Gasteiger charge is 2.22. The zero-order chi connectivity index (χ0) is 13.9. The van der Waals surface area contributed by atoms with Gasteiger partial charge in [-0.1, -0.05) is 30.3 Å². The van der Waals surface area contributed by atoms with E-state index in [2.05, 4.69) is 14.3 Å². The normalized spacial score (nSPS) is 15.4. The van der Waals surface area contributed by atoms with Gasteiger partial charge in [0.25, 0.3) is 0 Å². The van der Waals surface area contributed by atoms with Crippen LogP contribution in [0.15, 0.2) is 30.3 Å². The van der Waals surface area contributed by atoms with Crippen LogP contribution in [-0.2, 0) is 0 Å². The summed E-state index contributed by atoms with van der Waals surface area (Å²) in [4.78, 5) is 18.9. The molecule has 1 aliphatic rings. The fraction of sp³-hybridized carbons (Fsp3) is 0.308. The number of anilines is 1. The molecule has 1 aromatic carbocycles. The number of piperazine rings is 1. The lowest BCUT2D eigenvalue weighted by Crippen LogP contribution is -2.48. The summed E-state index contributed by atoms with van der Waals surface area (Å²) in [5.41, 5.74) is 0.999. The Morgan fingerprint density at radius 2 is 1.85 bits per heavy atom. The summed E-state index contributed by atoms with van der Waals surface area (Å²) in [7, 11) is 0. The maximum Gasteiger partial charge on any atom is 0.407 e. The van der Waals surface area contributed by atoms with E-state index in [0.717, 1.165) is 16.5 Å². The highest BCUT2D eigenvalue weighted by molar-refractivity contribution is 7.09. The quantitative estimate of drug-likeness (QED) is 0.916. The summed E-state index contributed by atoms with van der Waals surface area (Å²) in [6, 6.07) is 9.84. The zero-order valence-electron chi connectivity index (χ0n) is 10.8. The van der Waals surface area contributed by atoms with Gasteiger partial charge in [-0.15, -0.1) is 0 Å². The maximum atomic E-state index is 10.9. The van der Waals surface area contributed by atoms with E-state index in [-0.39, 0.29) is 0 Å². The van der Waals surface area contributed by atoms with Gasteiger partial charge in [-0.3, -0.25) is 0 Å². The Morgan fingerprint density at radius 3 is 2.50 bits per heavy atom. The van der Waals surface area contributed by atoms with Gasteiger partial charge in [0.1, 0.15) is 0 Å². The number of hydrogen-bond acceptors (Lipinski definition) is 5. The Kier molecular flexibility index (Phi) is 3.51. The standard InChI is InChI=1S/C13H14N4O2S/c18-13(19)17-8-6-16(7-9-17)12-14-11(15-20-12)10-4-2-1-3-5-10/h1-5H,6-9H2,(H,18,19). The second kappa shape index (κ2) is 5.46. The van der Waals surface area contributed by atoms with Crippen molar-refractivity contribution in [1.29, 1.82) is 0 Å². The van der Waals surface area contributed by atoms with Crippen LogP contribution in [0.5, 0.6) is 0 Å². The molecular weight excluding hydrogens is 276 g/mol. The van der Waals surface area contributed by atoms with Crippen molar-refractivity contribution >= 4 is 22.8 Å². The molecule has 2 aromatic rings. The molecule has 2 heterocycles. The number of hydrogen-bond donors (Lipinski definition) is 1. The number of rotatable bonds is 2. The van der Waals surface area contributed by atoms with E-state index in [1.807, 2.05) is 30.3 Å². The third-order valence-corrected chi connectivity index (χ3v) is 4.05. The molecule has 104 valence electrons. The summed E-state index contributed by atoms with van der Waals surface area (Å²) in [6.45, 7) is 2.34. The van der Waals surface area contributed by atoms with E-state index >= 15 is 0 Å². The molecule has 1 aliphatic heterocycles. The van der Waals surface area contributed by atoms with Gasteiger partial charge in [0.2, 0.25) is 5.13 Å². The van der Waals surface area contributed by atoms with Crippen molar-refractivity contribution < 1.29 is 9.90 Å². The van der Waals surface area contributed by atoms with E-state index in [4.69, 9.17) is 5.11 Å². The van der Waals surface area contributed by atoms with Crippen molar-refractivity contribution in [1.82, 2.24) is 14.3 Å². The van der Waals surface area contributed by atoms with E-state index in [1.165, 1.54) is 16.4 Å². The largest absolute Gasteiger partial charge is 0.465 e. The van der Waals surface area contributed by atoms with E-state index in [0.29, 0.717) is 26.2 Å². The maximum absolute atomic E-state index is 10.9. The molecule has 6 nitrogen and oxygen atoms in total. The number of amides is 1. The Morgan fingerprint density at radius 1 is 1.15 bits per heavy atom. The monoisotopic (exact) mass is 290 g/mol. The molecular formula is C13H14N4O2S. The molecule has 0 radical (unpaired) electrons. The van der Waals surface area contributed by atoms with Gasteiger partial charge < -0.3 is 14.9 Å². The lowest BCUT2D eigenvalue weighted by molar-refractivity contribution is 0.142. The first-order chi connectivity index (χ1) is 9.74. The van der Waals surface area contributed by atoms with Gasteiger partial charge in [0.15, 0.2) is 5.82 Å². The SMILES string of the molecule is O=C(O)N1CCN(c2nc(-c3ccccc3)ns2)CC1. The predicted octanol–water partition coefficient (Wildman–Crippen LogP) is 2.01. The van der Waals surface area contributed by atoms with Gasteiger partial charge in [-0.05, 0) is 0 Å². The highest BCUT2D eigenvalue weighted by Crippen LogP contribution is 2.24. The van der Waals surface area contributed by atoms with Crippen LogP contribution in [0.25, 0.3) is 11.4 Å². The first-order valence-electron chi connectivity index (χ1n) is 6.36. The van der Waals surface area contributed by atoms with Crippen LogP contribution >= 0.6 is 11.5 Å². The summed E-state index contributed by atoms with van der Waals surface area (Å²) < 4.78 is 4.37. The molecule has 0 bridgehead atoms. The minimum atomic E-state index is -0.855. The summed E-state index contributed by atoms with van der Waals surface area (Å²) in [5, 5.41) is 9.79. The fourth-order valence-electron chi connectivity index (χ4n) is 2.14. The third kappa shape index (κ3) is 2.57. The number of carboxylic acid groups (broad SMARTS) is 1. The van der Waals surface area contributed by atoms with Crippen molar-refractivity contribution in [3.8, 4) is 11.4 Å². The van der Waals surface area contributed by atoms with Crippen LogP contribution in [0.3, 0.4) is 0 Å². The molecule has 3 rings (SSSR count). The fourth-order valence-corrected chi connectivity index (χ4v) is 2.88. The Balaban J connectivity index is 1.71. The second-order valence-corrected chi connectivity index (χ2v) is 5.25. The number of nitrogens with zero attached hydrogens (tertiary/aromatic N) is 4. The molecule has 20 heavy (non-hydrogen) atoms. The lowest BCUT2D eigenvalue weighted by atomic mass is 10.2. The molecule has 0 spiro atoms. The molecule has 0 unspecified atom stereocenters. The minimum absolute atomic E-state index is 0.510. The van der Waals surface area contributed by atoms with E-state index in [1.54, 1.807) is 0 Å². The molecule has 1 amide bonds. The number of benzene rings is 1. The first-order valence-corrected chi connectivity index (χ1v) is 7.13. The molecule has 1 N–H and O–H groups in total. The molecule has 0 aliphatic carbocycles. The van der Waals surface area contributed by atoms with E-state index < -0.39 is 6.09 Å². The van der Waals surface area contributed by atoms with Crippen LogP contribution in [0, 0.1) is 0 Å². The van der Waals surface area contributed by atoms with Crippen molar-refractivity contribution in [2.45, 2.75) is 0 Å². The van der Waals surface area contributed by atoms with Crippen molar-refractivity contribution in [2.24, 2.45) is 0 Å². The highest BCUT2D eigenvalue weighted by atomic mass is 32.1. The van der Waals surface area contributed by atoms with Crippen LogP contribution in [-0.4, -0.2) is 51.6 Å². The smallest absolute Gasteiger partial charge is 0.407 e. The van der Waals surface area contributed by atoms with Crippen LogP contribution in [0.2, 0.25) is 0 Å². The van der Waals surface area contributed by atoms with Gasteiger partial charge in [-0.25, -0.2) is 4.79 Å². The van der Waals surface area contributed by atoms with Crippen LogP contribution in [0.1, 0.15) is 0 Å². The number of aromatic nitrogens is 2. The Bertz CT molecular complexity index is 593. The molecule has 1 fully saturated rings. The second-order valence-electron chi connectivity index (χ2n) is 4.52. The van der Waals surface area contributed by atoms with Gasteiger partial charge in [0, 0.05) is 43.3 Å². The van der Waals surface area contributed by atoms with Crippen LogP contribution < -0.4 is 4.90 Å². The summed E-state index contributed by atoms with van der Waals surface area (Å²) in [5.74, 6) is 0.728. The third-order valence-electron chi connectivity index (χ3n) is 3.27. The van der Waals surface area contributed by atoms with Crippen molar-refractivity contribution in [2.75, 3.05) is 31.1 Å². The summed E-state index contributed by atoms with van der Waals surface area (Å²) >= 11 is 1.36. The number of carbonyl (C=O) groups is 1. The van der Waals surface area contributed by atoms with E-state index in [9.17, 15) is 4.79 Å². The Hall–Kier alpha value is -2.15. The predicted molar refractivity (Wildman–Crippen MR) is 77.2 cm³/mol. The Labute approximate surface area is 120 Å². The molecule has 1 aromatic heterocycles. The molecule has 1 saturated heterocycles. The minimum Gasteiger partial charge on any atom is -0.465 e. The molecule has 7 heteroatoms. The summed E-state index contributed by atoms with van der Waals surface area (Å²) in [6.07, 6.45) is -0.855. The van der Waals surface area contributed by atoms with Crippen molar-refractivity contribution in [3.05, 3.63) is 30.3 Å². The average molecular weight is 290 g/mol. The first kappa shape index (κ1) is 12.9. The average Bonchev–Trinajstić information content (AvgIpc) is 2.98. The lowest BCUT2D eigenvalue weighted by Gasteiger charge is -2.32. The molecule has 0 saturated carbocycles. The van der Waals surface area contributed by atoms with Gasteiger partial charge >= 0.3 is 6.09 Å².